The molecule has 0 radical (unpaired) electrons. The van der Waals surface area contributed by atoms with Gasteiger partial charge in [0, 0.05) is 68.0 Å². The molecule has 3 aromatic rings. The molecule has 0 atom stereocenters. The summed E-state index contributed by atoms with van der Waals surface area (Å²) in [5, 5.41) is 14.4. The number of aromatic nitrogens is 1. The SMILES string of the molecule is CCCCc1cc(OCc2c[nH]c3ccccc23)cc(N(CCN2CCNCC2)C(=O)O)c1. The van der Waals surface area contributed by atoms with Crippen LogP contribution in [0.25, 0.3) is 10.9 Å². The van der Waals surface area contributed by atoms with Crippen LogP contribution in [0.2, 0.25) is 0 Å². The third kappa shape index (κ3) is 6.06. The summed E-state index contributed by atoms with van der Waals surface area (Å²) in [6.07, 6.45) is 4.09. The maximum atomic E-state index is 12.2. The number of ether oxygens (including phenoxy) is 1. The van der Waals surface area contributed by atoms with E-state index in [9.17, 15) is 9.90 Å². The van der Waals surface area contributed by atoms with Gasteiger partial charge in [0.05, 0.1) is 5.69 Å². The van der Waals surface area contributed by atoms with Crippen molar-refractivity contribution < 1.29 is 14.6 Å². The molecule has 2 aromatic carbocycles. The number of nitrogens with one attached hydrogen (secondary N) is 2. The van der Waals surface area contributed by atoms with Crippen molar-refractivity contribution in [1.82, 2.24) is 15.2 Å². The van der Waals surface area contributed by atoms with Gasteiger partial charge in [0.1, 0.15) is 12.4 Å². The molecule has 0 unspecified atom stereocenters. The first-order valence-corrected chi connectivity index (χ1v) is 11.9. The Morgan fingerprint density at radius 3 is 2.79 bits per heavy atom. The molecule has 0 saturated carbocycles. The first kappa shape index (κ1) is 23.1. The number of hydrogen-bond acceptors (Lipinski definition) is 4. The van der Waals surface area contributed by atoms with Gasteiger partial charge < -0.3 is 20.1 Å². The van der Waals surface area contributed by atoms with Gasteiger partial charge in [-0.15, -0.1) is 0 Å². The van der Waals surface area contributed by atoms with Crippen molar-refractivity contribution in [3.63, 3.8) is 0 Å². The van der Waals surface area contributed by atoms with E-state index in [1.54, 1.807) is 0 Å². The predicted molar refractivity (Wildman–Crippen MR) is 132 cm³/mol. The molecule has 7 nitrogen and oxygen atoms in total. The second kappa shape index (κ2) is 11.2. The molecule has 4 rings (SSSR count). The van der Waals surface area contributed by atoms with Crippen LogP contribution in [0.1, 0.15) is 30.9 Å². The van der Waals surface area contributed by atoms with Crippen molar-refractivity contribution in [3.8, 4) is 5.75 Å². The predicted octanol–water partition coefficient (Wildman–Crippen LogP) is 4.48. The van der Waals surface area contributed by atoms with Crippen molar-refractivity contribution in [3.05, 3.63) is 59.8 Å². The summed E-state index contributed by atoms with van der Waals surface area (Å²) >= 11 is 0. The van der Waals surface area contributed by atoms with Crippen molar-refractivity contribution >= 4 is 22.7 Å². The first-order valence-electron chi connectivity index (χ1n) is 11.9. The molecule has 176 valence electrons. The molecule has 3 N–H and O–H groups in total. The summed E-state index contributed by atoms with van der Waals surface area (Å²) in [4.78, 5) is 19.2. The fourth-order valence-corrected chi connectivity index (χ4v) is 4.33. The minimum atomic E-state index is -0.930. The van der Waals surface area contributed by atoms with Crippen LogP contribution in [0, 0.1) is 0 Å². The van der Waals surface area contributed by atoms with Gasteiger partial charge in [-0.3, -0.25) is 9.80 Å². The van der Waals surface area contributed by atoms with E-state index in [1.165, 1.54) is 4.90 Å². The lowest BCUT2D eigenvalue weighted by atomic mass is 10.1. The van der Waals surface area contributed by atoms with E-state index in [1.807, 2.05) is 42.6 Å². The Morgan fingerprint density at radius 1 is 1.18 bits per heavy atom. The minimum absolute atomic E-state index is 0.425. The third-order valence-electron chi connectivity index (χ3n) is 6.23. The lowest BCUT2D eigenvalue weighted by molar-refractivity contribution is 0.198. The highest BCUT2D eigenvalue weighted by molar-refractivity contribution is 5.86. The summed E-state index contributed by atoms with van der Waals surface area (Å²) in [5.41, 5.74) is 3.95. The number of para-hydroxylation sites is 1. The number of fused-ring (bicyclic) bond motifs is 1. The van der Waals surface area contributed by atoms with Gasteiger partial charge in [-0.05, 0) is 36.6 Å². The van der Waals surface area contributed by atoms with Gasteiger partial charge in [0.2, 0.25) is 0 Å². The number of aryl methyl sites for hydroxylation is 1. The largest absolute Gasteiger partial charge is 0.489 e. The van der Waals surface area contributed by atoms with Crippen molar-refractivity contribution in [2.75, 3.05) is 44.2 Å². The average Bonchev–Trinajstić information content (AvgIpc) is 3.25. The number of unbranched alkanes of at least 4 members (excludes halogenated alkanes) is 1. The van der Waals surface area contributed by atoms with Gasteiger partial charge in [0.25, 0.3) is 0 Å². The highest BCUT2D eigenvalue weighted by atomic mass is 16.5. The molecular formula is C26H34N4O3. The Labute approximate surface area is 195 Å². The van der Waals surface area contributed by atoms with E-state index in [0.29, 0.717) is 24.6 Å². The van der Waals surface area contributed by atoms with E-state index in [0.717, 1.165) is 74.0 Å². The molecular weight excluding hydrogens is 416 g/mol. The quantitative estimate of drug-likeness (QED) is 0.424. The highest BCUT2D eigenvalue weighted by Gasteiger charge is 2.19. The first-order chi connectivity index (χ1) is 16.1. The fraction of sp³-hybridized carbons (Fsp3) is 0.423. The summed E-state index contributed by atoms with van der Waals surface area (Å²) < 4.78 is 6.19. The number of anilines is 1. The normalized spacial score (nSPS) is 14.5. The number of H-pyrrole nitrogens is 1. The Bertz CT molecular complexity index is 1060. The number of piperazine rings is 1. The lowest BCUT2D eigenvalue weighted by Crippen LogP contribution is -2.47. The maximum Gasteiger partial charge on any atom is 0.411 e. The second-order valence-corrected chi connectivity index (χ2v) is 8.61. The molecule has 0 spiro atoms. The van der Waals surface area contributed by atoms with Gasteiger partial charge in [-0.2, -0.15) is 0 Å². The van der Waals surface area contributed by atoms with E-state index in [-0.39, 0.29) is 0 Å². The molecule has 0 bridgehead atoms. The molecule has 1 amide bonds. The Kier molecular flexibility index (Phi) is 7.86. The molecule has 1 aromatic heterocycles. The molecule has 1 aliphatic rings. The molecule has 1 saturated heterocycles. The van der Waals surface area contributed by atoms with Crippen molar-refractivity contribution in [2.45, 2.75) is 32.8 Å². The Balaban J connectivity index is 1.52. The number of carboxylic acid groups (broad SMARTS) is 1. The van der Waals surface area contributed by atoms with E-state index in [2.05, 4.69) is 28.2 Å². The molecule has 7 heteroatoms. The van der Waals surface area contributed by atoms with E-state index >= 15 is 0 Å². The van der Waals surface area contributed by atoms with Gasteiger partial charge >= 0.3 is 6.09 Å². The number of rotatable bonds is 10. The van der Waals surface area contributed by atoms with Crippen LogP contribution < -0.4 is 15.0 Å². The number of benzene rings is 2. The Hall–Kier alpha value is -3.03. The highest BCUT2D eigenvalue weighted by Crippen LogP contribution is 2.27. The van der Waals surface area contributed by atoms with Crippen LogP contribution in [0.5, 0.6) is 5.75 Å². The lowest BCUT2D eigenvalue weighted by Gasteiger charge is -2.29. The van der Waals surface area contributed by atoms with Gasteiger partial charge in [-0.25, -0.2) is 4.79 Å². The number of amides is 1. The van der Waals surface area contributed by atoms with Gasteiger partial charge in [0.15, 0.2) is 0 Å². The van der Waals surface area contributed by atoms with Crippen LogP contribution in [0.4, 0.5) is 10.5 Å². The molecule has 33 heavy (non-hydrogen) atoms. The number of aromatic amines is 1. The van der Waals surface area contributed by atoms with Crippen molar-refractivity contribution in [1.29, 1.82) is 0 Å². The summed E-state index contributed by atoms with van der Waals surface area (Å²) in [6, 6.07) is 14.1. The molecule has 1 fully saturated rings. The van der Waals surface area contributed by atoms with Crippen LogP contribution in [-0.4, -0.2) is 60.4 Å². The summed E-state index contributed by atoms with van der Waals surface area (Å²) in [6.45, 7) is 7.54. The van der Waals surface area contributed by atoms with Crippen LogP contribution in [-0.2, 0) is 13.0 Å². The van der Waals surface area contributed by atoms with Crippen LogP contribution in [0.3, 0.4) is 0 Å². The zero-order valence-electron chi connectivity index (χ0n) is 19.3. The number of nitrogens with zero attached hydrogens (tertiary/aromatic N) is 2. The number of hydrogen-bond donors (Lipinski definition) is 3. The van der Waals surface area contributed by atoms with Crippen LogP contribution >= 0.6 is 0 Å². The standard InChI is InChI=1S/C26H34N4O3/c1-2-3-6-20-15-22(30(26(31)32)14-13-29-11-9-27-10-12-29)17-23(16-20)33-19-21-18-28-25-8-5-4-7-24(21)25/h4-5,7-8,15-18,27-28H,2-3,6,9-14,19H2,1H3,(H,31,32). The van der Waals surface area contributed by atoms with Crippen LogP contribution in [0.15, 0.2) is 48.7 Å². The smallest absolute Gasteiger partial charge is 0.411 e. The molecule has 1 aliphatic heterocycles. The summed E-state index contributed by atoms with van der Waals surface area (Å²) in [5.74, 6) is 0.706. The van der Waals surface area contributed by atoms with E-state index < -0.39 is 6.09 Å². The number of carbonyl (C=O) groups is 1. The maximum absolute atomic E-state index is 12.2. The van der Waals surface area contributed by atoms with Crippen molar-refractivity contribution in [2.24, 2.45) is 0 Å². The van der Waals surface area contributed by atoms with E-state index in [4.69, 9.17) is 4.74 Å². The second-order valence-electron chi connectivity index (χ2n) is 8.61. The third-order valence-corrected chi connectivity index (χ3v) is 6.23. The fourth-order valence-electron chi connectivity index (χ4n) is 4.33. The monoisotopic (exact) mass is 450 g/mol. The average molecular weight is 451 g/mol. The summed E-state index contributed by atoms with van der Waals surface area (Å²) in [7, 11) is 0. The molecule has 0 aliphatic carbocycles. The minimum Gasteiger partial charge on any atom is -0.489 e. The molecule has 2 heterocycles. The zero-order chi connectivity index (χ0) is 23.0. The zero-order valence-corrected chi connectivity index (χ0v) is 19.3. The Morgan fingerprint density at radius 2 is 2.00 bits per heavy atom. The van der Waals surface area contributed by atoms with Gasteiger partial charge in [-0.1, -0.05) is 31.5 Å². The topological polar surface area (TPSA) is 80.8 Å².